The van der Waals surface area contributed by atoms with E-state index in [2.05, 4.69) is 10.0 Å². The van der Waals surface area contributed by atoms with Crippen molar-refractivity contribution in [2.75, 3.05) is 13.6 Å². The van der Waals surface area contributed by atoms with Gasteiger partial charge in [-0.05, 0) is 32.4 Å². The van der Waals surface area contributed by atoms with E-state index < -0.39 is 10.0 Å². The smallest absolute Gasteiger partial charge is 0.241 e. The third-order valence-corrected chi connectivity index (χ3v) is 5.87. The van der Waals surface area contributed by atoms with Gasteiger partial charge in [-0.25, -0.2) is 13.1 Å². The molecule has 4 nitrogen and oxygen atoms in total. The Bertz CT molecular complexity index is 504. The predicted octanol–water partition coefficient (Wildman–Crippen LogP) is 1.85. The lowest BCUT2D eigenvalue weighted by molar-refractivity contribution is 0.575. The zero-order valence-electron chi connectivity index (χ0n) is 10.8. The van der Waals surface area contributed by atoms with Gasteiger partial charge in [0.1, 0.15) is 0 Å². The largest absolute Gasteiger partial charge is 0.315 e. The molecule has 6 heteroatoms. The molecule has 0 spiro atoms. The van der Waals surface area contributed by atoms with Crippen molar-refractivity contribution in [3.8, 4) is 0 Å². The van der Waals surface area contributed by atoms with E-state index in [1.165, 1.54) is 24.2 Å². The molecule has 0 aliphatic heterocycles. The molecule has 1 aromatic heterocycles. The van der Waals surface area contributed by atoms with Gasteiger partial charge < -0.3 is 5.32 Å². The van der Waals surface area contributed by atoms with E-state index in [9.17, 15) is 8.42 Å². The summed E-state index contributed by atoms with van der Waals surface area (Å²) in [6.45, 7) is 3.13. The first-order valence-electron chi connectivity index (χ1n) is 6.26. The molecule has 0 amide bonds. The van der Waals surface area contributed by atoms with E-state index in [0.29, 0.717) is 18.0 Å². The van der Waals surface area contributed by atoms with Crippen molar-refractivity contribution in [3.05, 3.63) is 15.8 Å². The number of aryl methyl sites for hydroxylation is 1. The van der Waals surface area contributed by atoms with Crippen LogP contribution in [-0.2, 0) is 16.6 Å². The Morgan fingerprint density at radius 3 is 2.78 bits per heavy atom. The molecule has 0 saturated heterocycles. The number of nitrogens with one attached hydrogen (secondary N) is 2. The Morgan fingerprint density at radius 1 is 1.44 bits per heavy atom. The summed E-state index contributed by atoms with van der Waals surface area (Å²) in [5.74, 6) is 0.746. The summed E-state index contributed by atoms with van der Waals surface area (Å²) in [5.41, 5.74) is 0. The second kappa shape index (κ2) is 5.69. The van der Waals surface area contributed by atoms with Gasteiger partial charge in [0, 0.05) is 22.8 Å². The summed E-state index contributed by atoms with van der Waals surface area (Å²) in [6, 6.07) is 1.77. The van der Waals surface area contributed by atoms with Crippen LogP contribution in [0.2, 0.25) is 0 Å². The van der Waals surface area contributed by atoms with Crippen LogP contribution in [0.3, 0.4) is 0 Å². The fraction of sp³-hybridized carbons (Fsp3) is 0.667. The van der Waals surface area contributed by atoms with Crippen molar-refractivity contribution in [2.45, 2.75) is 37.6 Å². The molecule has 0 radical (unpaired) electrons. The molecule has 102 valence electrons. The Hall–Kier alpha value is -0.430. The van der Waals surface area contributed by atoms with Crippen LogP contribution >= 0.6 is 11.3 Å². The van der Waals surface area contributed by atoms with Crippen molar-refractivity contribution in [1.82, 2.24) is 10.0 Å². The lowest BCUT2D eigenvalue weighted by Crippen LogP contribution is -2.25. The van der Waals surface area contributed by atoms with Gasteiger partial charge in [0.15, 0.2) is 0 Å². The van der Waals surface area contributed by atoms with Crippen LogP contribution in [0.4, 0.5) is 0 Å². The van der Waals surface area contributed by atoms with Crippen LogP contribution in [0, 0.1) is 12.8 Å². The zero-order chi connectivity index (χ0) is 13.2. The van der Waals surface area contributed by atoms with E-state index in [1.807, 2.05) is 14.0 Å². The summed E-state index contributed by atoms with van der Waals surface area (Å²) in [5, 5.41) is 3.04. The van der Waals surface area contributed by atoms with Crippen LogP contribution in [0.15, 0.2) is 11.0 Å². The maximum Gasteiger partial charge on any atom is 0.241 e. The first-order valence-corrected chi connectivity index (χ1v) is 8.56. The normalized spacial score (nSPS) is 16.1. The molecule has 0 unspecified atom stereocenters. The number of rotatable bonds is 7. The molecule has 2 N–H and O–H groups in total. The lowest BCUT2D eigenvalue weighted by atomic mass is 10.3. The molecule has 1 aliphatic rings. The Kier molecular flexibility index (Phi) is 4.42. The molecule has 1 aliphatic carbocycles. The highest BCUT2D eigenvalue weighted by atomic mass is 32.2. The Morgan fingerprint density at radius 2 is 2.17 bits per heavy atom. The zero-order valence-corrected chi connectivity index (χ0v) is 12.5. The SMILES string of the molecule is CNCc1cc(S(=O)(=O)NCCC2CC2)c(C)s1. The summed E-state index contributed by atoms with van der Waals surface area (Å²) >= 11 is 1.54. The van der Waals surface area contributed by atoms with Gasteiger partial charge >= 0.3 is 0 Å². The highest BCUT2D eigenvalue weighted by molar-refractivity contribution is 7.89. The Labute approximate surface area is 113 Å². The molecule has 1 aromatic rings. The molecule has 1 fully saturated rings. The van der Waals surface area contributed by atoms with Crippen molar-refractivity contribution < 1.29 is 8.42 Å². The van der Waals surface area contributed by atoms with E-state index in [-0.39, 0.29) is 0 Å². The van der Waals surface area contributed by atoms with Crippen LogP contribution in [0.5, 0.6) is 0 Å². The standard InChI is InChI=1S/C12H20N2O2S2/c1-9-12(7-11(17-9)8-13-2)18(15,16)14-6-5-10-3-4-10/h7,10,13-14H,3-6,8H2,1-2H3. The summed E-state index contributed by atoms with van der Waals surface area (Å²) in [7, 11) is -1.47. The van der Waals surface area contributed by atoms with Crippen molar-refractivity contribution in [1.29, 1.82) is 0 Å². The second-order valence-corrected chi connectivity index (χ2v) is 7.87. The number of thiophene rings is 1. The van der Waals surface area contributed by atoms with Gasteiger partial charge in [-0.1, -0.05) is 12.8 Å². The molecule has 0 bridgehead atoms. The van der Waals surface area contributed by atoms with Gasteiger partial charge in [-0.15, -0.1) is 11.3 Å². The van der Waals surface area contributed by atoms with Crippen molar-refractivity contribution in [3.63, 3.8) is 0 Å². The number of hydrogen-bond acceptors (Lipinski definition) is 4. The van der Waals surface area contributed by atoms with Crippen molar-refractivity contribution in [2.24, 2.45) is 5.92 Å². The van der Waals surface area contributed by atoms with E-state index in [4.69, 9.17) is 0 Å². The van der Waals surface area contributed by atoms with Gasteiger partial charge in [-0.3, -0.25) is 0 Å². The number of sulfonamides is 1. The van der Waals surface area contributed by atoms with Crippen LogP contribution in [0.1, 0.15) is 29.0 Å². The van der Waals surface area contributed by atoms with E-state index in [0.717, 1.165) is 22.1 Å². The quantitative estimate of drug-likeness (QED) is 0.805. The number of hydrogen-bond donors (Lipinski definition) is 2. The van der Waals surface area contributed by atoms with Crippen LogP contribution in [-0.4, -0.2) is 22.0 Å². The van der Waals surface area contributed by atoms with Crippen LogP contribution < -0.4 is 10.0 Å². The first-order chi connectivity index (χ1) is 8.53. The van der Waals surface area contributed by atoms with Crippen LogP contribution in [0.25, 0.3) is 0 Å². The predicted molar refractivity (Wildman–Crippen MR) is 74.3 cm³/mol. The summed E-state index contributed by atoms with van der Waals surface area (Å²) in [6.07, 6.45) is 3.48. The fourth-order valence-electron chi connectivity index (χ4n) is 1.93. The van der Waals surface area contributed by atoms with Gasteiger partial charge in [0.05, 0.1) is 4.90 Å². The molecule has 1 saturated carbocycles. The third-order valence-electron chi connectivity index (χ3n) is 3.11. The molecule has 0 aromatic carbocycles. The maximum absolute atomic E-state index is 12.1. The molecule has 18 heavy (non-hydrogen) atoms. The van der Waals surface area contributed by atoms with E-state index >= 15 is 0 Å². The minimum atomic E-state index is -3.32. The molecule has 1 heterocycles. The highest BCUT2D eigenvalue weighted by Crippen LogP contribution is 2.32. The summed E-state index contributed by atoms with van der Waals surface area (Å²) in [4.78, 5) is 2.35. The highest BCUT2D eigenvalue weighted by Gasteiger charge is 2.23. The van der Waals surface area contributed by atoms with Gasteiger partial charge in [-0.2, -0.15) is 0 Å². The minimum Gasteiger partial charge on any atom is -0.315 e. The monoisotopic (exact) mass is 288 g/mol. The van der Waals surface area contributed by atoms with Gasteiger partial charge in [0.2, 0.25) is 10.0 Å². The minimum absolute atomic E-state index is 0.438. The first kappa shape index (κ1) is 14.0. The third kappa shape index (κ3) is 3.54. The fourth-order valence-corrected chi connectivity index (χ4v) is 4.63. The average Bonchev–Trinajstić information content (AvgIpc) is 3.02. The molecule has 0 atom stereocenters. The Balaban J connectivity index is 2.02. The second-order valence-electron chi connectivity index (χ2n) is 4.79. The molecular weight excluding hydrogens is 268 g/mol. The van der Waals surface area contributed by atoms with E-state index in [1.54, 1.807) is 6.07 Å². The van der Waals surface area contributed by atoms with Crippen molar-refractivity contribution >= 4 is 21.4 Å². The molecule has 2 rings (SSSR count). The maximum atomic E-state index is 12.1. The van der Waals surface area contributed by atoms with Gasteiger partial charge in [0.25, 0.3) is 0 Å². The average molecular weight is 288 g/mol. The lowest BCUT2D eigenvalue weighted by Gasteiger charge is -2.05. The molecular formula is C12H20N2O2S2. The summed E-state index contributed by atoms with van der Waals surface area (Å²) < 4.78 is 27.0. The topological polar surface area (TPSA) is 58.2 Å².